The largest absolute Gasteiger partial charge is 0.481 e. The molecule has 0 aromatic rings. The van der Waals surface area contributed by atoms with Gasteiger partial charge in [0.15, 0.2) is 6.10 Å². The summed E-state index contributed by atoms with van der Waals surface area (Å²) in [6.07, 6.45) is 1.62. The molecule has 2 atom stereocenters. The zero-order chi connectivity index (χ0) is 18.0. The van der Waals surface area contributed by atoms with Gasteiger partial charge >= 0.3 is 17.9 Å². The molecular formula is C16H30NO6+. The summed E-state index contributed by atoms with van der Waals surface area (Å²) >= 11 is 0. The van der Waals surface area contributed by atoms with Crippen molar-refractivity contribution in [2.75, 3.05) is 27.7 Å². The fourth-order valence-electron chi connectivity index (χ4n) is 2.34. The Morgan fingerprint density at radius 2 is 1.61 bits per heavy atom. The van der Waals surface area contributed by atoms with Crippen molar-refractivity contribution in [3.05, 3.63) is 0 Å². The lowest BCUT2D eigenvalue weighted by molar-refractivity contribution is -0.873. The molecule has 0 radical (unpaired) electrons. The van der Waals surface area contributed by atoms with E-state index in [1.54, 1.807) is 0 Å². The summed E-state index contributed by atoms with van der Waals surface area (Å²) in [6.45, 7) is 2.35. The van der Waals surface area contributed by atoms with Crippen LogP contribution in [-0.4, -0.2) is 66.4 Å². The first kappa shape index (κ1) is 21.4. The summed E-state index contributed by atoms with van der Waals surface area (Å²) in [6, 6.07) is 0. The van der Waals surface area contributed by atoms with E-state index in [2.05, 4.69) is 0 Å². The second-order valence-corrected chi connectivity index (χ2v) is 7.13. The number of carboxylic acid groups (broad SMARTS) is 2. The number of hydrogen-bond donors (Lipinski definition) is 2. The molecule has 23 heavy (non-hydrogen) atoms. The zero-order valence-corrected chi connectivity index (χ0v) is 14.6. The third kappa shape index (κ3) is 13.7. The molecule has 7 nitrogen and oxygen atoms in total. The van der Waals surface area contributed by atoms with Crippen LogP contribution in [0.4, 0.5) is 0 Å². The predicted molar refractivity (Wildman–Crippen MR) is 84.9 cm³/mol. The van der Waals surface area contributed by atoms with Crippen molar-refractivity contribution >= 4 is 17.9 Å². The first-order valence-electron chi connectivity index (χ1n) is 7.93. The van der Waals surface area contributed by atoms with Gasteiger partial charge in [-0.15, -0.1) is 0 Å². The lowest BCUT2D eigenvalue weighted by Gasteiger charge is -2.28. The molecule has 0 bridgehead atoms. The van der Waals surface area contributed by atoms with Gasteiger partial charge in [0, 0.05) is 12.8 Å². The number of carbonyl (C=O) groups excluding carboxylic acids is 1. The van der Waals surface area contributed by atoms with Crippen LogP contribution in [-0.2, 0) is 19.1 Å². The number of likely N-dealkylation sites (N-methyl/N-ethyl adjacent to an activating group) is 1. The molecule has 0 aliphatic rings. The highest BCUT2D eigenvalue weighted by Crippen LogP contribution is 2.15. The third-order valence-corrected chi connectivity index (χ3v) is 3.30. The Kier molecular flexibility index (Phi) is 9.48. The van der Waals surface area contributed by atoms with Crippen molar-refractivity contribution in [3.8, 4) is 0 Å². The minimum absolute atomic E-state index is 0.0888. The number of hydrogen-bond acceptors (Lipinski definition) is 4. The molecule has 0 aromatic carbocycles. The fourth-order valence-corrected chi connectivity index (χ4v) is 2.34. The quantitative estimate of drug-likeness (QED) is 0.321. The maximum absolute atomic E-state index is 12.0. The molecule has 0 aliphatic carbocycles. The van der Waals surface area contributed by atoms with Gasteiger partial charge in [0.05, 0.1) is 27.6 Å². The molecule has 0 saturated carbocycles. The minimum Gasteiger partial charge on any atom is -0.481 e. The molecule has 0 saturated heterocycles. The van der Waals surface area contributed by atoms with Crippen molar-refractivity contribution < 1.29 is 33.8 Å². The summed E-state index contributed by atoms with van der Waals surface area (Å²) in [5.74, 6) is -2.10. The van der Waals surface area contributed by atoms with Crippen LogP contribution in [0.25, 0.3) is 0 Å². The van der Waals surface area contributed by atoms with Crippen molar-refractivity contribution in [2.45, 2.75) is 51.6 Å². The summed E-state index contributed by atoms with van der Waals surface area (Å²) < 4.78 is 5.83. The monoisotopic (exact) mass is 332 g/mol. The Labute approximate surface area is 137 Å². The lowest BCUT2D eigenvalue weighted by Crippen LogP contribution is -2.43. The van der Waals surface area contributed by atoms with Crippen LogP contribution >= 0.6 is 0 Å². The number of rotatable bonds is 12. The zero-order valence-electron chi connectivity index (χ0n) is 14.6. The smallest absolute Gasteiger partial charge is 0.307 e. The van der Waals surface area contributed by atoms with E-state index in [0.717, 1.165) is 12.8 Å². The third-order valence-electron chi connectivity index (χ3n) is 3.30. The van der Waals surface area contributed by atoms with E-state index < -0.39 is 24.0 Å². The van der Waals surface area contributed by atoms with E-state index in [4.69, 9.17) is 14.9 Å². The molecule has 0 aliphatic heterocycles. The number of unbranched alkanes of at least 4 members (excludes halogenated alkanes) is 1. The number of nitrogens with zero attached hydrogens (tertiary/aromatic N) is 1. The van der Waals surface area contributed by atoms with Crippen LogP contribution in [0, 0.1) is 5.92 Å². The molecule has 2 N–H and O–H groups in total. The number of carbonyl (C=O) groups is 3. The molecule has 0 fully saturated rings. The van der Waals surface area contributed by atoms with Crippen molar-refractivity contribution in [3.63, 3.8) is 0 Å². The SMILES string of the molecule is CC(CCCCC(=O)O)CC(=O)OC(CC(=O)O)C[N+](C)(C)C. The van der Waals surface area contributed by atoms with Crippen LogP contribution in [0.5, 0.6) is 0 Å². The summed E-state index contributed by atoms with van der Waals surface area (Å²) in [5, 5.41) is 17.5. The van der Waals surface area contributed by atoms with E-state index in [9.17, 15) is 14.4 Å². The van der Waals surface area contributed by atoms with E-state index >= 15 is 0 Å². The van der Waals surface area contributed by atoms with Crippen LogP contribution in [0.3, 0.4) is 0 Å². The van der Waals surface area contributed by atoms with E-state index in [-0.39, 0.29) is 25.2 Å². The molecule has 7 heteroatoms. The Balaban J connectivity index is 4.24. The van der Waals surface area contributed by atoms with Crippen molar-refractivity contribution in [1.82, 2.24) is 0 Å². The standard InChI is InChI=1S/C16H29NO6/c1-12(7-5-6-8-14(18)19)9-16(22)23-13(10-15(20)21)11-17(2,3)4/h12-13H,5-11H2,1-4H3,(H-,18,19,20,21)/p+1. The molecule has 134 valence electrons. The molecule has 0 aromatic heterocycles. The van der Waals surface area contributed by atoms with Crippen molar-refractivity contribution in [2.24, 2.45) is 5.92 Å². The highest BCUT2D eigenvalue weighted by atomic mass is 16.5. The maximum atomic E-state index is 12.0. The van der Waals surface area contributed by atoms with Crippen LogP contribution in [0.2, 0.25) is 0 Å². The normalized spacial score (nSPS) is 14.1. The highest BCUT2D eigenvalue weighted by molar-refractivity contribution is 5.71. The Bertz CT molecular complexity index is 402. The van der Waals surface area contributed by atoms with Gasteiger partial charge in [-0.1, -0.05) is 19.8 Å². The molecule has 0 rings (SSSR count). The highest BCUT2D eigenvalue weighted by Gasteiger charge is 2.25. The van der Waals surface area contributed by atoms with Gasteiger partial charge < -0.3 is 19.4 Å². The van der Waals surface area contributed by atoms with Gasteiger partial charge in [-0.3, -0.25) is 14.4 Å². The molecule has 2 unspecified atom stereocenters. The first-order chi connectivity index (χ1) is 10.5. The Hall–Kier alpha value is -1.63. The van der Waals surface area contributed by atoms with Gasteiger partial charge in [0.1, 0.15) is 6.54 Å². The number of esters is 1. The number of carboxylic acids is 2. The first-order valence-corrected chi connectivity index (χ1v) is 7.93. The van der Waals surface area contributed by atoms with E-state index in [0.29, 0.717) is 17.4 Å². The van der Waals surface area contributed by atoms with Crippen LogP contribution in [0.1, 0.15) is 45.4 Å². The number of quaternary nitrogens is 1. The molecule has 0 heterocycles. The Morgan fingerprint density at radius 3 is 2.09 bits per heavy atom. The number of ether oxygens (including phenoxy) is 1. The molecular weight excluding hydrogens is 302 g/mol. The number of aliphatic carboxylic acids is 2. The van der Waals surface area contributed by atoms with E-state index in [1.807, 2.05) is 28.1 Å². The topological polar surface area (TPSA) is 101 Å². The summed E-state index contributed by atoms with van der Waals surface area (Å²) in [5.41, 5.74) is 0. The second-order valence-electron chi connectivity index (χ2n) is 7.13. The average Bonchev–Trinajstić information content (AvgIpc) is 2.30. The van der Waals surface area contributed by atoms with Gasteiger partial charge in [0.25, 0.3) is 0 Å². The average molecular weight is 332 g/mol. The van der Waals surface area contributed by atoms with Gasteiger partial charge in [-0.2, -0.15) is 0 Å². The van der Waals surface area contributed by atoms with Crippen LogP contribution < -0.4 is 0 Å². The minimum atomic E-state index is -0.988. The molecule has 0 spiro atoms. The second kappa shape index (κ2) is 10.2. The van der Waals surface area contributed by atoms with Crippen LogP contribution in [0.15, 0.2) is 0 Å². The Morgan fingerprint density at radius 1 is 1.00 bits per heavy atom. The lowest BCUT2D eigenvalue weighted by atomic mass is 10.00. The maximum Gasteiger partial charge on any atom is 0.307 e. The predicted octanol–water partition coefficient (Wildman–Crippen LogP) is 1.75. The summed E-state index contributed by atoms with van der Waals surface area (Å²) in [4.78, 5) is 33.3. The van der Waals surface area contributed by atoms with Gasteiger partial charge in [-0.05, 0) is 12.3 Å². The van der Waals surface area contributed by atoms with Gasteiger partial charge in [-0.25, -0.2) is 0 Å². The van der Waals surface area contributed by atoms with E-state index in [1.165, 1.54) is 0 Å². The summed E-state index contributed by atoms with van der Waals surface area (Å²) in [7, 11) is 5.73. The van der Waals surface area contributed by atoms with Gasteiger partial charge in [0.2, 0.25) is 0 Å². The fraction of sp³-hybridized carbons (Fsp3) is 0.812. The van der Waals surface area contributed by atoms with Crippen molar-refractivity contribution in [1.29, 1.82) is 0 Å². The molecule has 0 amide bonds.